The first-order chi connectivity index (χ1) is 8.45. The van der Waals surface area contributed by atoms with Crippen molar-refractivity contribution in [1.82, 2.24) is 9.97 Å². The first-order valence-corrected chi connectivity index (χ1v) is 6.29. The maximum atomic E-state index is 9.49. The molecule has 0 aliphatic carbocycles. The van der Waals surface area contributed by atoms with Gasteiger partial charge in [0.1, 0.15) is 5.82 Å². The summed E-state index contributed by atoms with van der Waals surface area (Å²) in [6, 6.07) is 1.96. The van der Waals surface area contributed by atoms with Crippen molar-refractivity contribution in [2.24, 2.45) is 5.92 Å². The quantitative estimate of drug-likeness (QED) is 0.829. The predicted octanol–water partition coefficient (Wildman–Crippen LogP) is 1.39. The van der Waals surface area contributed by atoms with Crippen LogP contribution in [0.4, 0.5) is 11.8 Å². The van der Waals surface area contributed by atoms with E-state index in [1.54, 1.807) is 6.20 Å². The van der Waals surface area contributed by atoms with Gasteiger partial charge in [-0.25, -0.2) is 4.98 Å². The Balaban J connectivity index is 2.87. The molecule has 0 aromatic carbocycles. The lowest BCUT2D eigenvalue weighted by Crippen LogP contribution is -2.36. The van der Waals surface area contributed by atoms with Crippen LogP contribution in [0.5, 0.6) is 0 Å². The largest absolute Gasteiger partial charge is 0.394 e. The van der Waals surface area contributed by atoms with Crippen molar-refractivity contribution in [2.45, 2.75) is 26.3 Å². The number of likely N-dealkylation sites (N-methyl/N-ethyl adjacent to an activating group) is 1. The van der Waals surface area contributed by atoms with Gasteiger partial charge in [0, 0.05) is 27.3 Å². The minimum atomic E-state index is 0.0925. The van der Waals surface area contributed by atoms with Crippen molar-refractivity contribution in [1.29, 1.82) is 0 Å². The number of anilines is 2. The van der Waals surface area contributed by atoms with Gasteiger partial charge in [-0.3, -0.25) is 0 Å². The van der Waals surface area contributed by atoms with Gasteiger partial charge < -0.3 is 14.9 Å². The Morgan fingerprint density at radius 1 is 1.28 bits per heavy atom. The first kappa shape index (κ1) is 14.7. The molecule has 0 fully saturated rings. The molecule has 0 aliphatic heterocycles. The topological polar surface area (TPSA) is 52.5 Å². The fourth-order valence-electron chi connectivity index (χ4n) is 1.84. The molecule has 5 nitrogen and oxygen atoms in total. The summed E-state index contributed by atoms with van der Waals surface area (Å²) < 4.78 is 0. The molecule has 1 N–H and O–H groups in total. The lowest BCUT2D eigenvalue weighted by Gasteiger charge is -2.29. The molecule has 0 spiro atoms. The number of aliphatic hydroxyl groups excluding tert-OH is 1. The van der Waals surface area contributed by atoms with E-state index in [1.807, 2.05) is 37.0 Å². The van der Waals surface area contributed by atoms with Crippen molar-refractivity contribution < 1.29 is 5.11 Å². The third-order valence-electron chi connectivity index (χ3n) is 2.89. The van der Waals surface area contributed by atoms with E-state index in [4.69, 9.17) is 0 Å². The summed E-state index contributed by atoms with van der Waals surface area (Å²) in [7, 11) is 5.79. The molecule has 1 rings (SSSR count). The monoisotopic (exact) mass is 252 g/mol. The molecule has 0 saturated heterocycles. The number of nitrogens with zero attached hydrogens (tertiary/aromatic N) is 4. The Bertz CT molecular complexity index is 368. The minimum Gasteiger partial charge on any atom is -0.394 e. The van der Waals surface area contributed by atoms with E-state index in [9.17, 15) is 5.11 Å². The van der Waals surface area contributed by atoms with Crippen LogP contribution in [0.3, 0.4) is 0 Å². The number of aliphatic hydroxyl groups is 1. The van der Waals surface area contributed by atoms with Gasteiger partial charge in [0.2, 0.25) is 5.95 Å². The third-order valence-corrected chi connectivity index (χ3v) is 2.89. The molecule has 0 amide bonds. The van der Waals surface area contributed by atoms with E-state index in [-0.39, 0.29) is 12.6 Å². The fraction of sp³-hybridized carbons (Fsp3) is 0.692. The lowest BCUT2D eigenvalue weighted by molar-refractivity contribution is 0.245. The minimum absolute atomic E-state index is 0.0925. The second kappa shape index (κ2) is 6.54. The van der Waals surface area contributed by atoms with E-state index in [0.717, 1.165) is 12.2 Å². The molecule has 0 saturated carbocycles. The third kappa shape index (κ3) is 3.84. The lowest BCUT2D eigenvalue weighted by atomic mass is 10.0. The summed E-state index contributed by atoms with van der Waals surface area (Å²) >= 11 is 0. The van der Waals surface area contributed by atoms with Crippen LogP contribution in [0.1, 0.15) is 20.3 Å². The summed E-state index contributed by atoms with van der Waals surface area (Å²) in [5.74, 6) is 2.06. The first-order valence-electron chi connectivity index (χ1n) is 6.29. The highest BCUT2D eigenvalue weighted by Gasteiger charge is 2.17. The van der Waals surface area contributed by atoms with Crippen molar-refractivity contribution >= 4 is 11.8 Å². The fourth-order valence-corrected chi connectivity index (χ4v) is 1.84. The van der Waals surface area contributed by atoms with Gasteiger partial charge in [-0.15, -0.1) is 0 Å². The van der Waals surface area contributed by atoms with Crippen LogP contribution in [0.25, 0.3) is 0 Å². The number of hydrogen-bond acceptors (Lipinski definition) is 5. The molecule has 18 heavy (non-hydrogen) atoms. The van der Waals surface area contributed by atoms with E-state index in [1.165, 1.54) is 0 Å². The molecular weight excluding hydrogens is 228 g/mol. The van der Waals surface area contributed by atoms with Crippen molar-refractivity contribution in [3.05, 3.63) is 12.3 Å². The Morgan fingerprint density at radius 2 is 1.94 bits per heavy atom. The van der Waals surface area contributed by atoms with Crippen LogP contribution >= 0.6 is 0 Å². The zero-order valence-corrected chi connectivity index (χ0v) is 12.0. The molecular formula is C13H24N4O. The molecule has 102 valence electrons. The summed E-state index contributed by atoms with van der Waals surface area (Å²) in [6.07, 6.45) is 2.69. The molecule has 0 bridgehead atoms. The van der Waals surface area contributed by atoms with Crippen LogP contribution in [0, 0.1) is 5.92 Å². The highest BCUT2D eigenvalue weighted by molar-refractivity contribution is 5.43. The molecule has 1 unspecified atom stereocenters. The molecule has 1 aromatic rings. The molecule has 1 atom stereocenters. The Kier molecular flexibility index (Phi) is 5.34. The van der Waals surface area contributed by atoms with E-state index >= 15 is 0 Å². The Morgan fingerprint density at radius 3 is 2.44 bits per heavy atom. The van der Waals surface area contributed by atoms with Gasteiger partial charge in [-0.1, -0.05) is 13.8 Å². The van der Waals surface area contributed by atoms with E-state index < -0.39 is 0 Å². The summed E-state index contributed by atoms with van der Waals surface area (Å²) in [5, 5.41) is 9.49. The average molecular weight is 252 g/mol. The maximum Gasteiger partial charge on any atom is 0.226 e. The van der Waals surface area contributed by atoms with Gasteiger partial charge in [0.15, 0.2) is 0 Å². The van der Waals surface area contributed by atoms with Gasteiger partial charge in [-0.05, 0) is 18.4 Å². The van der Waals surface area contributed by atoms with E-state index in [2.05, 4.69) is 23.8 Å². The van der Waals surface area contributed by atoms with Crippen LogP contribution in [-0.2, 0) is 0 Å². The average Bonchev–Trinajstić information content (AvgIpc) is 2.35. The van der Waals surface area contributed by atoms with Crippen LogP contribution < -0.4 is 9.80 Å². The van der Waals surface area contributed by atoms with Crippen LogP contribution in [0.2, 0.25) is 0 Å². The second-order valence-electron chi connectivity index (χ2n) is 5.19. The molecule has 5 heteroatoms. The maximum absolute atomic E-state index is 9.49. The van der Waals surface area contributed by atoms with Crippen LogP contribution in [0.15, 0.2) is 12.3 Å². The normalized spacial score (nSPS) is 12.6. The van der Waals surface area contributed by atoms with Gasteiger partial charge in [-0.2, -0.15) is 4.98 Å². The van der Waals surface area contributed by atoms with Crippen molar-refractivity contribution in [3.63, 3.8) is 0 Å². The zero-order chi connectivity index (χ0) is 13.7. The second-order valence-corrected chi connectivity index (χ2v) is 5.19. The summed E-state index contributed by atoms with van der Waals surface area (Å²) in [6.45, 7) is 4.44. The highest BCUT2D eigenvalue weighted by atomic mass is 16.3. The Labute approximate surface area is 109 Å². The Hall–Kier alpha value is -1.36. The number of rotatable bonds is 6. The van der Waals surface area contributed by atoms with Crippen molar-refractivity contribution in [2.75, 3.05) is 37.5 Å². The van der Waals surface area contributed by atoms with Gasteiger partial charge >= 0.3 is 0 Å². The predicted molar refractivity (Wildman–Crippen MR) is 75.1 cm³/mol. The molecule has 1 heterocycles. The molecule has 1 aromatic heterocycles. The number of hydrogen-bond donors (Lipinski definition) is 1. The zero-order valence-electron chi connectivity index (χ0n) is 12.0. The SMILES string of the molecule is CC(C)CC(CO)N(C)c1ccnc(N(C)C)n1. The van der Waals surface area contributed by atoms with Gasteiger partial charge in [0.05, 0.1) is 12.6 Å². The smallest absolute Gasteiger partial charge is 0.226 e. The standard InChI is InChI=1S/C13H24N4O/c1-10(2)8-11(9-18)17(5)12-6-7-14-13(15-12)16(3)4/h6-7,10-11,18H,8-9H2,1-5H3. The number of aromatic nitrogens is 2. The van der Waals surface area contributed by atoms with Crippen molar-refractivity contribution in [3.8, 4) is 0 Å². The molecule has 0 aliphatic rings. The van der Waals surface area contributed by atoms with Crippen LogP contribution in [-0.4, -0.2) is 48.9 Å². The summed E-state index contributed by atoms with van der Waals surface area (Å²) in [5.41, 5.74) is 0. The summed E-state index contributed by atoms with van der Waals surface area (Å²) in [4.78, 5) is 12.6. The van der Waals surface area contributed by atoms with Gasteiger partial charge in [0.25, 0.3) is 0 Å². The molecule has 0 radical (unpaired) electrons. The van der Waals surface area contributed by atoms with E-state index in [0.29, 0.717) is 11.9 Å². The highest BCUT2D eigenvalue weighted by Crippen LogP contribution is 2.18.